The first-order valence-electron chi connectivity index (χ1n) is 7.06. The van der Waals surface area contributed by atoms with Crippen molar-refractivity contribution in [1.82, 2.24) is 4.90 Å². The Hall–Kier alpha value is -0.620. The number of likely N-dealkylation sites (tertiary alicyclic amines) is 1. The van der Waals surface area contributed by atoms with Crippen molar-refractivity contribution in [2.45, 2.75) is 45.1 Å². The van der Waals surface area contributed by atoms with Crippen LogP contribution in [0.15, 0.2) is 0 Å². The fraction of sp³-hybridized carbons (Fsp3) is 0.923. The maximum atomic E-state index is 11.7. The summed E-state index contributed by atoms with van der Waals surface area (Å²) in [6, 6.07) is 0.0248. The minimum atomic E-state index is -2.93. The predicted octanol–water partition coefficient (Wildman–Crippen LogP) is 1.14. The lowest BCUT2D eigenvalue weighted by atomic mass is 9.82. The second kappa shape index (κ2) is 5.40. The largest absolute Gasteiger partial charge is 0.481 e. The molecule has 110 valence electrons. The van der Waals surface area contributed by atoms with E-state index in [0.717, 1.165) is 12.8 Å². The number of carboxylic acids is 1. The van der Waals surface area contributed by atoms with Gasteiger partial charge in [0.2, 0.25) is 0 Å². The van der Waals surface area contributed by atoms with Crippen molar-refractivity contribution < 1.29 is 18.3 Å². The average molecular weight is 289 g/mol. The summed E-state index contributed by atoms with van der Waals surface area (Å²) in [6.07, 6.45) is 3.76. The lowest BCUT2D eigenvalue weighted by Gasteiger charge is -2.32. The highest BCUT2D eigenvalue weighted by Gasteiger charge is 2.46. The van der Waals surface area contributed by atoms with Crippen LogP contribution in [0.25, 0.3) is 0 Å². The molecule has 2 heterocycles. The van der Waals surface area contributed by atoms with Gasteiger partial charge in [-0.15, -0.1) is 0 Å². The van der Waals surface area contributed by atoms with Gasteiger partial charge < -0.3 is 5.11 Å². The highest BCUT2D eigenvalue weighted by Crippen LogP contribution is 2.37. The molecule has 0 radical (unpaired) electrons. The summed E-state index contributed by atoms with van der Waals surface area (Å²) in [6.45, 7) is 3.22. The first-order valence-corrected chi connectivity index (χ1v) is 8.88. The van der Waals surface area contributed by atoms with Crippen LogP contribution in [-0.2, 0) is 14.6 Å². The number of carboxylic acid groups (broad SMARTS) is 1. The molecule has 0 aromatic carbocycles. The summed E-state index contributed by atoms with van der Waals surface area (Å²) in [5.74, 6) is -0.235. The molecule has 2 rings (SSSR count). The monoisotopic (exact) mass is 289 g/mol. The van der Waals surface area contributed by atoms with E-state index in [2.05, 4.69) is 4.90 Å². The van der Waals surface area contributed by atoms with Crippen LogP contribution in [0.2, 0.25) is 0 Å². The van der Waals surface area contributed by atoms with Gasteiger partial charge in [0.05, 0.1) is 16.9 Å². The Morgan fingerprint density at radius 2 is 2.21 bits per heavy atom. The van der Waals surface area contributed by atoms with E-state index >= 15 is 0 Å². The molecule has 6 heteroatoms. The van der Waals surface area contributed by atoms with Crippen molar-refractivity contribution in [2.24, 2.45) is 5.41 Å². The number of nitrogens with zero attached hydrogens (tertiary/aromatic N) is 1. The van der Waals surface area contributed by atoms with Gasteiger partial charge in [0.15, 0.2) is 9.84 Å². The topological polar surface area (TPSA) is 74.7 Å². The third kappa shape index (κ3) is 3.11. The molecule has 0 aromatic rings. The summed E-state index contributed by atoms with van der Waals surface area (Å²) in [7, 11) is -2.93. The Morgan fingerprint density at radius 1 is 1.47 bits per heavy atom. The summed E-state index contributed by atoms with van der Waals surface area (Å²) in [5, 5.41) is 9.47. The number of rotatable bonds is 4. The van der Waals surface area contributed by atoms with Crippen molar-refractivity contribution in [3.8, 4) is 0 Å². The average Bonchev–Trinajstić information content (AvgIpc) is 2.74. The van der Waals surface area contributed by atoms with Gasteiger partial charge in [-0.05, 0) is 32.2 Å². The van der Waals surface area contributed by atoms with Gasteiger partial charge in [-0.1, -0.05) is 13.3 Å². The normalized spacial score (nSPS) is 35.3. The third-order valence-electron chi connectivity index (χ3n) is 4.52. The van der Waals surface area contributed by atoms with Crippen molar-refractivity contribution in [3.63, 3.8) is 0 Å². The maximum absolute atomic E-state index is 11.7. The van der Waals surface area contributed by atoms with E-state index in [1.54, 1.807) is 0 Å². The van der Waals surface area contributed by atoms with E-state index < -0.39 is 21.2 Å². The smallest absolute Gasteiger partial charge is 0.310 e. The molecule has 2 aliphatic rings. The van der Waals surface area contributed by atoms with Crippen LogP contribution in [0.1, 0.15) is 39.0 Å². The quantitative estimate of drug-likeness (QED) is 0.840. The second-order valence-electron chi connectivity index (χ2n) is 5.97. The van der Waals surface area contributed by atoms with Crippen LogP contribution < -0.4 is 0 Å². The fourth-order valence-corrected chi connectivity index (χ4v) is 5.20. The Labute approximate surface area is 114 Å². The van der Waals surface area contributed by atoms with E-state index in [4.69, 9.17) is 0 Å². The van der Waals surface area contributed by atoms with Gasteiger partial charge >= 0.3 is 5.97 Å². The first-order chi connectivity index (χ1) is 8.88. The minimum Gasteiger partial charge on any atom is -0.481 e. The maximum Gasteiger partial charge on any atom is 0.310 e. The van der Waals surface area contributed by atoms with Gasteiger partial charge in [-0.25, -0.2) is 8.42 Å². The van der Waals surface area contributed by atoms with E-state index in [1.807, 2.05) is 6.92 Å². The first kappa shape index (κ1) is 14.8. The van der Waals surface area contributed by atoms with Crippen LogP contribution in [0.4, 0.5) is 0 Å². The number of aliphatic carboxylic acids is 1. The molecule has 0 spiro atoms. The van der Waals surface area contributed by atoms with Gasteiger partial charge in [-0.3, -0.25) is 9.69 Å². The van der Waals surface area contributed by atoms with E-state index in [-0.39, 0.29) is 17.5 Å². The SMILES string of the molecule is CCCC1(C(=O)O)CCN(C2CCCS(=O)(=O)C2)C1. The van der Waals surface area contributed by atoms with Crippen LogP contribution in [0.3, 0.4) is 0 Å². The van der Waals surface area contributed by atoms with E-state index in [0.29, 0.717) is 32.4 Å². The summed E-state index contributed by atoms with van der Waals surface area (Å²) >= 11 is 0. The van der Waals surface area contributed by atoms with Crippen LogP contribution in [0, 0.1) is 5.41 Å². The Bertz CT molecular complexity index is 448. The number of sulfone groups is 1. The van der Waals surface area contributed by atoms with E-state index in [9.17, 15) is 18.3 Å². The molecule has 5 nitrogen and oxygen atoms in total. The van der Waals surface area contributed by atoms with Crippen LogP contribution >= 0.6 is 0 Å². The molecule has 0 saturated carbocycles. The van der Waals surface area contributed by atoms with E-state index in [1.165, 1.54) is 0 Å². The number of hydrogen-bond acceptors (Lipinski definition) is 4. The lowest BCUT2D eigenvalue weighted by molar-refractivity contribution is -0.148. The van der Waals surface area contributed by atoms with Gasteiger partial charge in [0, 0.05) is 12.6 Å². The molecule has 0 aliphatic carbocycles. The molecule has 1 N–H and O–H groups in total. The molecule has 0 aromatic heterocycles. The van der Waals surface area contributed by atoms with Gasteiger partial charge in [0.25, 0.3) is 0 Å². The molecule has 2 atom stereocenters. The molecule has 2 saturated heterocycles. The Kier molecular flexibility index (Phi) is 4.20. The summed E-state index contributed by atoms with van der Waals surface area (Å²) < 4.78 is 23.4. The highest BCUT2D eigenvalue weighted by atomic mass is 32.2. The third-order valence-corrected chi connectivity index (χ3v) is 6.32. The minimum absolute atomic E-state index is 0.0248. The van der Waals surface area contributed by atoms with Crippen LogP contribution in [-0.4, -0.2) is 55.0 Å². The predicted molar refractivity (Wildman–Crippen MR) is 72.8 cm³/mol. The molecule has 2 fully saturated rings. The zero-order chi connectivity index (χ0) is 14.1. The Balaban J connectivity index is 2.06. The number of carbonyl (C=O) groups is 1. The van der Waals surface area contributed by atoms with Crippen molar-refractivity contribution in [2.75, 3.05) is 24.6 Å². The Morgan fingerprint density at radius 3 is 2.79 bits per heavy atom. The zero-order valence-electron chi connectivity index (χ0n) is 11.5. The number of hydrogen-bond donors (Lipinski definition) is 1. The molecular weight excluding hydrogens is 266 g/mol. The zero-order valence-corrected chi connectivity index (χ0v) is 12.3. The standard InChI is InChI=1S/C13H23NO4S/c1-2-5-13(12(15)16)6-7-14(10-13)11-4-3-8-19(17,18)9-11/h11H,2-10H2,1H3,(H,15,16). The fourth-order valence-electron chi connectivity index (χ4n) is 3.47. The highest BCUT2D eigenvalue weighted by molar-refractivity contribution is 7.91. The summed E-state index contributed by atoms with van der Waals surface area (Å²) in [5.41, 5.74) is -0.657. The molecule has 0 amide bonds. The molecule has 2 aliphatic heterocycles. The lowest BCUT2D eigenvalue weighted by Crippen LogP contribution is -2.44. The van der Waals surface area contributed by atoms with Crippen molar-refractivity contribution in [3.05, 3.63) is 0 Å². The van der Waals surface area contributed by atoms with Gasteiger partial charge in [0.1, 0.15) is 0 Å². The molecule has 0 bridgehead atoms. The second-order valence-corrected chi connectivity index (χ2v) is 8.20. The molecular formula is C13H23NO4S. The molecule has 2 unspecified atom stereocenters. The van der Waals surface area contributed by atoms with Crippen molar-refractivity contribution in [1.29, 1.82) is 0 Å². The summed E-state index contributed by atoms with van der Waals surface area (Å²) in [4.78, 5) is 13.6. The van der Waals surface area contributed by atoms with Gasteiger partial charge in [-0.2, -0.15) is 0 Å². The van der Waals surface area contributed by atoms with Crippen LogP contribution in [0.5, 0.6) is 0 Å². The molecule has 19 heavy (non-hydrogen) atoms. The van der Waals surface area contributed by atoms with Crippen molar-refractivity contribution >= 4 is 15.8 Å².